The zero-order chi connectivity index (χ0) is 32.6. The fourth-order valence-corrected chi connectivity index (χ4v) is 6.99. The molecular weight excluding hydrogens is 604 g/mol. The Morgan fingerprint density at radius 3 is 2.39 bits per heavy atom. The molecule has 46 heavy (non-hydrogen) atoms. The summed E-state index contributed by atoms with van der Waals surface area (Å²) in [6.45, 7) is 9.38. The molecular formula is C34H42N4O7Si. The van der Waals surface area contributed by atoms with Crippen molar-refractivity contribution in [1.29, 1.82) is 0 Å². The molecule has 0 spiro atoms. The highest BCUT2D eigenvalue weighted by molar-refractivity contribution is 6.76. The van der Waals surface area contributed by atoms with Gasteiger partial charge in [0.1, 0.15) is 29.8 Å². The average Bonchev–Trinajstić information content (AvgIpc) is 3.67. The summed E-state index contributed by atoms with van der Waals surface area (Å²) >= 11 is 0. The summed E-state index contributed by atoms with van der Waals surface area (Å²) in [5.41, 5.74) is 1.87. The molecule has 6 rings (SSSR count). The number of hydrogen-bond acceptors (Lipinski definition) is 8. The van der Waals surface area contributed by atoms with Gasteiger partial charge in [0.05, 0.1) is 20.8 Å². The lowest BCUT2D eigenvalue weighted by molar-refractivity contribution is -0.136. The zero-order valence-corrected chi connectivity index (χ0v) is 28.2. The first-order valence-corrected chi connectivity index (χ1v) is 19.4. The molecule has 11 nitrogen and oxygen atoms in total. The molecule has 1 saturated heterocycles. The monoisotopic (exact) mass is 646 g/mol. The molecule has 0 radical (unpaired) electrons. The van der Waals surface area contributed by atoms with E-state index in [2.05, 4.69) is 42.0 Å². The van der Waals surface area contributed by atoms with E-state index in [-0.39, 0.29) is 19.2 Å². The Labute approximate surface area is 270 Å². The molecule has 0 saturated carbocycles. The van der Waals surface area contributed by atoms with Crippen molar-refractivity contribution in [3.63, 3.8) is 0 Å². The fourth-order valence-electron chi connectivity index (χ4n) is 6.24. The third kappa shape index (κ3) is 6.29. The third-order valence-corrected chi connectivity index (χ3v) is 10.7. The summed E-state index contributed by atoms with van der Waals surface area (Å²) in [5, 5.41) is 2.94. The van der Waals surface area contributed by atoms with E-state index < -0.39 is 25.6 Å². The maximum Gasteiger partial charge on any atom is 0.327 e. The lowest BCUT2D eigenvalue weighted by atomic mass is 9.94. The van der Waals surface area contributed by atoms with Crippen LogP contribution in [0.15, 0.2) is 52.9 Å². The molecule has 3 aliphatic heterocycles. The van der Waals surface area contributed by atoms with Gasteiger partial charge < -0.3 is 28.8 Å². The number of furan rings is 1. The molecule has 12 heteroatoms. The quantitative estimate of drug-likeness (QED) is 0.173. The van der Waals surface area contributed by atoms with Crippen molar-refractivity contribution < 1.29 is 33.0 Å². The van der Waals surface area contributed by atoms with Gasteiger partial charge in [0, 0.05) is 58.4 Å². The second kappa shape index (κ2) is 12.6. The summed E-state index contributed by atoms with van der Waals surface area (Å²) in [7, 11) is 1.84. The number of ether oxygens (including phenoxy) is 3. The normalized spacial score (nSPS) is 19.8. The van der Waals surface area contributed by atoms with Crippen molar-refractivity contribution in [3.8, 4) is 11.5 Å². The van der Waals surface area contributed by atoms with Crippen LogP contribution in [0.4, 0.5) is 4.79 Å². The highest BCUT2D eigenvalue weighted by Crippen LogP contribution is 2.38. The first-order valence-electron chi connectivity index (χ1n) is 15.6. The number of imide groups is 1. The van der Waals surface area contributed by atoms with Gasteiger partial charge in [0.25, 0.3) is 11.8 Å². The standard InChI is InChI=1S/C34H42N4O7Si/c1-42-26-9-6-23(7-10-26)18-36-13-12-29-25(19-36)16-30(45-29)34(21-37-20-24-8-11-27(43-2)17-28(24)31(37)39)32(40)38(33(41)35-34)22-44-14-15-46(3,4)5/h6-11,16-17H,12-15,18-22H2,1-5H3,(H,35,41)/t34-/m0/s1. The maximum atomic E-state index is 14.3. The van der Waals surface area contributed by atoms with Crippen LogP contribution in [0.1, 0.15) is 38.6 Å². The van der Waals surface area contributed by atoms with E-state index in [9.17, 15) is 14.4 Å². The van der Waals surface area contributed by atoms with Crippen LogP contribution in [0.5, 0.6) is 11.5 Å². The molecule has 0 bridgehead atoms. The Morgan fingerprint density at radius 2 is 1.67 bits per heavy atom. The predicted molar refractivity (Wildman–Crippen MR) is 173 cm³/mol. The summed E-state index contributed by atoms with van der Waals surface area (Å²) in [5.74, 6) is 1.77. The number of carbonyl (C=O) groups excluding carboxylic acids is 3. The van der Waals surface area contributed by atoms with Crippen molar-refractivity contribution in [3.05, 3.63) is 82.3 Å². The van der Waals surface area contributed by atoms with Crippen molar-refractivity contribution >= 4 is 25.9 Å². The number of carbonyl (C=O) groups is 3. The van der Waals surface area contributed by atoms with Gasteiger partial charge in [0.15, 0.2) is 5.54 Å². The van der Waals surface area contributed by atoms with Gasteiger partial charge in [-0.1, -0.05) is 37.8 Å². The minimum atomic E-state index is -1.60. The Morgan fingerprint density at radius 1 is 0.935 bits per heavy atom. The van der Waals surface area contributed by atoms with Crippen LogP contribution in [0.2, 0.25) is 25.7 Å². The number of rotatable bonds is 12. The zero-order valence-electron chi connectivity index (χ0n) is 27.2. The first kappa shape index (κ1) is 31.8. The first-order chi connectivity index (χ1) is 22.0. The SMILES string of the molecule is COc1ccc(CN2CCc3oc([C@]4(CN5Cc6ccc(OC)cc6C5=O)NC(=O)N(COCC[Si](C)(C)C)C4=O)cc3C2)cc1. The van der Waals surface area contributed by atoms with E-state index in [1.165, 1.54) is 0 Å². The van der Waals surface area contributed by atoms with E-state index in [1.54, 1.807) is 25.2 Å². The van der Waals surface area contributed by atoms with E-state index in [0.29, 0.717) is 43.2 Å². The van der Waals surface area contributed by atoms with E-state index in [0.717, 1.165) is 52.2 Å². The minimum absolute atomic E-state index is 0.0826. The van der Waals surface area contributed by atoms with E-state index in [4.69, 9.17) is 18.6 Å². The number of urea groups is 1. The van der Waals surface area contributed by atoms with Crippen LogP contribution < -0.4 is 14.8 Å². The van der Waals surface area contributed by atoms with Gasteiger partial charge in [-0.15, -0.1) is 0 Å². The lowest BCUT2D eigenvalue weighted by Crippen LogP contribution is -2.52. The van der Waals surface area contributed by atoms with Crippen molar-refractivity contribution in [2.24, 2.45) is 0 Å². The van der Waals surface area contributed by atoms with Crippen molar-refractivity contribution in [1.82, 2.24) is 20.0 Å². The summed E-state index contributed by atoms with van der Waals surface area (Å²) in [4.78, 5) is 46.3. The molecule has 1 fully saturated rings. The largest absolute Gasteiger partial charge is 0.497 e. The molecule has 244 valence electrons. The molecule has 1 atom stereocenters. The lowest BCUT2D eigenvalue weighted by Gasteiger charge is -2.29. The molecule has 0 aliphatic carbocycles. The number of hydrogen-bond donors (Lipinski definition) is 1. The highest BCUT2D eigenvalue weighted by atomic mass is 28.3. The van der Waals surface area contributed by atoms with Gasteiger partial charge in [-0.05, 0) is 47.5 Å². The van der Waals surface area contributed by atoms with Crippen LogP contribution in [0.25, 0.3) is 0 Å². The predicted octanol–water partition coefficient (Wildman–Crippen LogP) is 4.57. The number of methoxy groups -OCH3 is 2. The topological polar surface area (TPSA) is 114 Å². The molecule has 2 aromatic carbocycles. The van der Waals surface area contributed by atoms with Crippen LogP contribution in [0.3, 0.4) is 0 Å². The van der Waals surface area contributed by atoms with Gasteiger partial charge in [-0.2, -0.15) is 0 Å². The van der Waals surface area contributed by atoms with E-state index >= 15 is 0 Å². The number of nitrogens with zero attached hydrogens (tertiary/aromatic N) is 3. The average molecular weight is 647 g/mol. The molecule has 0 unspecified atom stereocenters. The number of fused-ring (bicyclic) bond motifs is 2. The molecule has 4 heterocycles. The molecule has 1 N–H and O–H groups in total. The second-order valence-corrected chi connectivity index (χ2v) is 19.1. The van der Waals surface area contributed by atoms with E-state index in [1.807, 2.05) is 30.3 Å². The highest BCUT2D eigenvalue weighted by Gasteiger charge is 2.57. The fraction of sp³-hybridized carbons (Fsp3) is 0.441. The van der Waals surface area contributed by atoms with Crippen LogP contribution in [0, 0.1) is 0 Å². The third-order valence-electron chi connectivity index (χ3n) is 8.95. The minimum Gasteiger partial charge on any atom is -0.497 e. The van der Waals surface area contributed by atoms with Gasteiger partial charge in [-0.25, -0.2) is 9.69 Å². The maximum absolute atomic E-state index is 14.3. The van der Waals surface area contributed by atoms with Crippen LogP contribution in [-0.4, -0.2) is 81.3 Å². The van der Waals surface area contributed by atoms with Crippen molar-refractivity contribution in [2.45, 2.75) is 57.3 Å². The van der Waals surface area contributed by atoms with Crippen LogP contribution >= 0.6 is 0 Å². The summed E-state index contributed by atoms with van der Waals surface area (Å²) in [6, 6.07) is 15.6. The second-order valence-electron chi connectivity index (χ2n) is 13.5. The summed E-state index contributed by atoms with van der Waals surface area (Å²) in [6.07, 6.45) is 0.654. The Hall–Kier alpha value is -4.13. The van der Waals surface area contributed by atoms with Gasteiger partial charge in [-0.3, -0.25) is 14.5 Å². The van der Waals surface area contributed by atoms with Gasteiger partial charge in [0.2, 0.25) is 0 Å². The molecule has 3 aliphatic rings. The van der Waals surface area contributed by atoms with Crippen LogP contribution in [-0.2, 0) is 41.1 Å². The smallest absolute Gasteiger partial charge is 0.327 e. The molecule has 4 amide bonds. The van der Waals surface area contributed by atoms with Gasteiger partial charge >= 0.3 is 6.03 Å². The number of amides is 4. The Balaban J connectivity index is 1.26. The van der Waals surface area contributed by atoms with Crippen molar-refractivity contribution in [2.75, 3.05) is 40.6 Å². The number of nitrogens with one attached hydrogen (secondary N) is 1. The number of benzene rings is 2. The Kier molecular flexibility index (Phi) is 8.70. The summed E-state index contributed by atoms with van der Waals surface area (Å²) < 4.78 is 22.9. The Bertz CT molecular complexity index is 1630. The molecule has 3 aromatic rings. The molecule has 1 aromatic heterocycles.